The Balaban J connectivity index is 1.65. The third-order valence-electron chi connectivity index (χ3n) is 7.55. The minimum absolute atomic E-state index is 0.0170. The van der Waals surface area contributed by atoms with Crippen LogP contribution in [0.2, 0.25) is 0 Å². The first-order valence-corrected chi connectivity index (χ1v) is 10.4. The highest BCUT2D eigenvalue weighted by molar-refractivity contribution is 5.96. The molecule has 2 bridgehead atoms. The predicted molar refractivity (Wildman–Crippen MR) is 105 cm³/mol. The summed E-state index contributed by atoms with van der Waals surface area (Å²) >= 11 is 0. The van der Waals surface area contributed by atoms with Gasteiger partial charge in [-0.3, -0.25) is 4.79 Å². The van der Waals surface area contributed by atoms with Gasteiger partial charge in [-0.1, -0.05) is 19.4 Å². The van der Waals surface area contributed by atoms with Crippen molar-refractivity contribution < 1.29 is 14.3 Å². The molecule has 4 atom stereocenters. The van der Waals surface area contributed by atoms with Crippen LogP contribution in [0, 0.1) is 5.92 Å². The largest absolute Gasteiger partial charge is 0.493 e. The molecule has 0 saturated carbocycles. The second-order valence-electron chi connectivity index (χ2n) is 8.74. The summed E-state index contributed by atoms with van der Waals surface area (Å²) in [5.74, 6) is 2.55. The number of carbonyl (C=O) groups is 1. The van der Waals surface area contributed by atoms with Crippen LogP contribution < -0.4 is 9.47 Å². The maximum absolute atomic E-state index is 12.9. The van der Waals surface area contributed by atoms with Gasteiger partial charge < -0.3 is 14.4 Å². The second-order valence-corrected chi connectivity index (χ2v) is 8.74. The normalized spacial score (nSPS) is 33.1. The number of rotatable bonds is 5. The molecule has 1 fully saturated rings. The van der Waals surface area contributed by atoms with Crippen molar-refractivity contribution in [3.8, 4) is 11.5 Å². The molecule has 1 aromatic carbocycles. The number of hydrogen-bond donors (Lipinski definition) is 0. The molecule has 1 saturated heterocycles. The zero-order valence-corrected chi connectivity index (χ0v) is 16.6. The standard InChI is InChI=1S/C23H29NO3/c1-4-5-6-18(25)15-11-16-17-12-14-7-8-19(26-3)22-21(14)23(16,9-10-24(17)2)20(13-15)27-22/h7-8,13,16-17,20H,4-6,9-12H2,1-3H3. The molecule has 27 heavy (non-hydrogen) atoms. The summed E-state index contributed by atoms with van der Waals surface area (Å²) in [6, 6.07) is 4.77. The van der Waals surface area contributed by atoms with E-state index in [1.165, 1.54) is 11.1 Å². The van der Waals surface area contributed by atoms with Gasteiger partial charge in [-0.25, -0.2) is 0 Å². The smallest absolute Gasteiger partial charge is 0.166 e. The Kier molecular flexibility index (Phi) is 3.91. The average Bonchev–Trinajstić information content (AvgIpc) is 3.02. The van der Waals surface area contributed by atoms with Crippen LogP contribution in [0.5, 0.6) is 11.5 Å². The third-order valence-corrected chi connectivity index (χ3v) is 7.55. The fourth-order valence-electron chi connectivity index (χ4n) is 6.18. The number of hydrogen-bond acceptors (Lipinski definition) is 4. The Morgan fingerprint density at radius 1 is 1.37 bits per heavy atom. The predicted octanol–water partition coefficient (Wildman–Crippen LogP) is 3.66. The average molecular weight is 367 g/mol. The summed E-state index contributed by atoms with van der Waals surface area (Å²) in [5.41, 5.74) is 3.82. The number of carbonyl (C=O) groups excluding carboxylic acids is 1. The van der Waals surface area contributed by atoms with Crippen LogP contribution in [0.4, 0.5) is 0 Å². The lowest BCUT2D eigenvalue weighted by molar-refractivity contribution is -0.116. The van der Waals surface area contributed by atoms with Crippen molar-refractivity contribution in [1.82, 2.24) is 4.90 Å². The minimum atomic E-state index is -0.0293. The molecule has 0 radical (unpaired) electrons. The van der Waals surface area contributed by atoms with Gasteiger partial charge in [0, 0.05) is 23.4 Å². The number of benzene rings is 1. The molecule has 1 spiro atoms. The lowest BCUT2D eigenvalue weighted by Gasteiger charge is -2.56. The van der Waals surface area contributed by atoms with Crippen molar-refractivity contribution in [1.29, 1.82) is 0 Å². The zero-order valence-electron chi connectivity index (χ0n) is 16.6. The van der Waals surface area contributed by atoms with Gasteiger partial charge in [0.15, 0.2) is 17.3 Å². The zero-order chi connectivity index (χ0) is 18.8. The van der Waals surface area contributed by atoms with Crippen LogP contribution in [-0.4, -0.2) is 43.5 Å². The van der Waals surface area contributed by atoms with Crippen LogP contribution >= 0.6 is 0 Å². The SMILES string of the molecule is CCCCC(=O)C1=CC2Oc3c(OC)ccc4c3C23CCN(C)C(C4)C3C1. The highest BCUT2D eigenvalue weighted by Gasteiger charge is 2.63. The molecule has 4 nitrogen and oxygen atoms in total. The van der Waals surface area contributed by atoms with Crippen molar-refractivity contribution >= 4 is 5.78 Å². The lowest BCUT2D eigenvalue weighted by atomic mass is 9.52. The van der Waals surface area contributed by atoms with E-state index in [1.807, 2.05) is 0 Å². The molecule has 2 heterocycles. The summed E-state index contributed by atoms with van der Waals surface area (Å²) < 4.78 is 12.2. The van der Waals surface area contributed by atoms with Crippen molar-refractivity contribution in [2.24, 2.45) is 5.92 Å². The number of methoxy groups -OCH3 is 1. The van der Waals surface area contributed by atoms with Crippen molar-refractivity contribution in [3.05, 3.63) is 34.9 Å². The van der Waals surface area contributed by atoms with Crippen LogP contribution in [-0.2, 0) is 16.6 Å². The lowest BCUT2D eigenvalue weighted by Crippen LogP contribution is -2.63. The molecular weight excluding hydrogens is 338 g/mol. The van der Waals surface area contributed by atoms with Gasteiger partial charge >= 0.3 is 0 Å². The first-order valence-electron chi connectivity index (χ1n) is 10.4. The van der Waals surface area contributed by atoms with E-state index in [0.717, 1.165) is 55.7 Å². The molecule has 1 aromatic rings. The van der Waals surface area contributed by atoms with E-state index in [-0.39, 0.29) is 11.5 Å². The van der Waals surface area contributed by atoms with Crippen LogP contribution in [0.15, 0.2) is 23.8 Å². The van der Waals surface area contributed by atoms with E-state index in [1.54, 1.807) is 7.11 Å². The highest BCUT2D eigenvalue weighted by Crippen LogP contribution is 2.63. The number of piperidine rings is 1. The summed E-state index contributed by atoms with van der Waals surface area (Å²) in [6.45, 7) is 3.23. The minimum Gasteiger partial charge on any atom is -0.493 e. The molecule has 144 valence electrons. The molecule has 4 aliphatic rings. The Hall–Kier alpha value is -1.81. The molecule has 2 aliphatic heterocycles. The fourth-order valence-corrected chi connectivity index (χ4v) is 6.18. The number of nitrogens with zero attached hydrogens (tertiary/aromatic N) is 1. The number of Topliss-reactive ketones (excluding diaryl/α,β-unsaturated/α-hetero) is 1. The molecule has 4 unspecified atom stereocenters. The summed E-state index contributed by atoms with van der Waals surface area (Å²) in [6.07, 6.45) is 7.87. The summed E-state index contributed by atoms with van der Waals surface area (Å²) in [5, 5.41) is 0. The Morgan fingerprint density at radius 2 is 2.22 bits per heavy atom. The first kappa shape index (κ1) is 17.3. The van der Waals surface area contributed by atoms with E-state index in [9.17, 15) is 4.79 Å². The Bertz CT molecular complexity index is 829. The number of likely N-dealkylation sites (N-methyl/N-ethyl adjacent to an activating group) is 1. The third kappa shape index (κ3) is 2.22. The first-order chi connectivity index (χ1) is 13.1. The monoisotopic (exact) mass is 367 g/mol. The fraction of sp³-hybridized carbons (Fsp3) is 0.609. The maximum Gasteiger partial charge on any atom is 0.166 e. The van der Waals surface area contributed by atoms with Gasteiger partial charge in [0.2, 0.25) is 0 Å². The summed E-state index contributed by atoms with van der Waals surface area (Å²) in [7, 11) is 3.96. The van der Waals surface area contributed by atoms with Crippen molar-refractivity contribution in [3.63, 3.8) is 0 Å². The molecule has 0 aromatic heterocycles. The van der Waals surface area contributed by atoms with Crippen molar-refractivity contribution in [2.75, 3.05) is 20.7 Å². The summed E-state index contributed by atoms with van der Waals surface area (Å²) in [4.78, 5) is 15.4. The van der Waals surface area contributed by atoms with Crippen LogP contribution in [0.3, 0.4) is 0 Å². The van der Waals surface area contributed by atoms with Crippen LogP contribution in [0.25, 0.3) is 0 Å². The van der Waals surface area contributed by atoms with Gasteiger partial charge in [0.05, 0.1) is 7.11 Å². The number of ketones is 1. The van der Waals surface area contributed by atoms with E-state index in [2.05, 4.69) is 37.1 Å². The quantitative estimate of drug-likeness (QED) is 0.796. The van der Waals surface area contributed by atoms with Gasteiger partial charge in [0.25, 0.3) is 0 Å². The Morgan fingerprint density at radius 3 is 3.00 bits per heavy atom. The van der Waals surface area contributed by atoms with Crippen LogP contribution in [0.1, 0.15) is 50.2 Å². The number of unbranched alkanes of at least 4 members (excludes halogenated alkanes) is 1. The number of allylic oxidation sites excluding steroid dienone is 1. The molecule has 0 amide bonds. The number of likely N-dealkylation sites (tertiary alicyclic amines) is 1. The van der Waals surface area contributed by atoms with E-state index in [4.69, 9.17) is 9.47 Å². The van der Waals surface area contributed by atoms with Gasteiger partial charge in [0.1, 0.15) is 6.10 Å². The molecule has 2 aliphatic carbocycles. The topological polar surface area (TPSA) is 38.8 Å². The molecule has 4 heteroatoms. The van der Waals surface area contributed by atoms with Gasteiger partial charge in [-0.2, -0.15) is 0 Å². The maximum atomic E-state index is 12.9. The van der Waals surface area contributed by atoms with E-state index < -0.39 is 0 Å². The van der Waals surface area contributed by atoms with Crippen molar-refractivity contribution in [2.45, 2.75) is 63.0 Å². The van der Waals surface area contributed by atoms with E-state index in [0.29, 0.717) is 24.2 Å². The second kappa shape index (κ2) is 6.10. The Labute approximate surface area is 161 Å². The molecular formula is C23H29NO3. The molecule has 5 rings (SSSR count). The molecule has 0 N–H and O–H groups in total. The van der Waals surface area contributed by atoms with Gasteiger partial charge in [-0.15, -0.1) is 0 Å². The van der Waals surface area contributed by atoms with Gasteiger partial charge in [-0.05, 0) is 68.5 Å². The highest BCUT2D eigenvalue weighted by atomic mass is 16.5. The number of ether oxygens (including phenoxy) is 2. The van der Waals surface area contributed by atoms with E-state index >= 15 is 0 Å².